The molecule has 5 nitrogen and oxygen atoms in total. The minimum Gasteiger partial charge on any atom is -0.333 e. The molecule has 0 radical (unpaired) electrons. The van der Waals surface area contributed by atoms with E-state index in [1.165, 1.54) is 4.90 Å². The van der Waals surface area contributed by atoms with Gasteiger partial charge in [0.25, 0.3) is 0 Å². The van der Waals surface area contributed by atoms with Crippen LogP contribution in [0.4, 0.5) is 0 Å². The van der Waals surface area contributed by atoms with Gasteiger partial charge in [0.15, 0.2) is 0 Å². The summed E-state index contributed by atoms with van der Waals surface area (Å²) >= 11 is 0. The summed E-state index contributed by atoms with van der Waals surface area (Å²) in [6, 6.07) is 0. The van der Waals surface area contributed by atoms with Crippen molar-refractivity contribution >= 4 is 11.8 Å². The number of carbonyl (C=O) groups excluding carboxylic acids is 2. The molecule has 0 aliphatic rings. The smallest absolute Gasteiger partial charge is 0.323 e. The number of nitrogens with one attached hydrogen (secondary N) is 1. The molecule has 0 rings (SSSR count). The third-order valence-corrected chi connectivity index (χ3v) is 1.64. The zero-order valence-electron chi connectivity index (χ0n) is 7.84. The molecule has 5 heteroatoms. The number of likely N-dealkylation sites (N-methyl/N-ethyl adjacent to an activating group) is 1. The van der Waals surface area contributed by atoms with Crippen molar-refractivity contribution in [2.24, 2.45) is 5.84 Å². The average molecular weight is 173 g/mol. The summed E-state index contributed by atoms with van der Waals surface area (Å²) in [6.45, 7) is 5.48. The third-order valence-electron chi connectivity index (χ3n) is 1.64. The van der Waals surface area contributed by atoms with Gasteiger partial charge in [-0.25, -0.2) is 5.84 Å². The summed E-state index contributed by atoms with van der Waals surface area (Å²) in [7, 11) is 1.55. The molecule has 0 heterocycles. The van der Waals surface area contributed by atoms with Gasteiger partial charge in [-0.1, -0.05) is 0 Å². The Balaban J connectivity index is 4.41. The maximum absolute atomic E-state index is 11.2. The highest BCUT2D eigenvalue weighted by molar-refractivity contribution is 6.34. The maximum Gasteiger partial charge on any atom is 0.323 e. The lowest BCUT2D eigenvalue weighted by Crippen LogP contribution is -2.50. The summed E-state index contributed by atoms with van der Waals surface area (Å²) in [5.41, 5.74) is 1.42. The van der Waals surface area contributed by atoms with Gasteiger partial charge in [0.05, 0.1) is 0 Å². The van der Waals surface area contributed by atoms with Crippen LogP contribution >= 0.6 is 0 Å². The molecule has 0 saturated carbocycles. The second-order valence-electron chi connectivity index (χ2n) is 3.51. The zero-order valence-corrected chi connectivity index (χ0v) is 7.84. The fourth-order valence-corrected chi connectivity index (χ4v) is 0.519. The van der Waals surface area contributed by atoms with Crippen molar-refractivity contribution in [3.05, 3.63) is 0 Å². The van der Waals surface area contributed by atoms with Crippen molar-refractivity contribution in [2.45, 2.75) is 26.3 Å². The van der Waals surface area contributed by atoms with E-state index >= 15 is 0 Å². The predicted octanol–water partition coefficient (Wildman–Crippen LogP) is -0.767. The molecule has 0 saturated heterocycles. The molecule has 70 valence electrons. The minimum absolute atomic E-state index is 0.371. The van der Waals surface area contributed by atoms with Crippen molar-refractivity contribution in [1.82, 2.24) is 10.3 Å². The van der Waals surface area contributed by atoms with Gasteiger partial charge in [-0.05, 0) is 20.8 Å². The second kappa shape index (κ2) is 3.53. The van der Waals surface area contributed by atoms with E-state index in [4.69, 9.17) is 5.84 Å². The van der Waals surface area contributed by atoms with Crippen molar-refractivity contribution in [3.8, 4) is 0 Å². The number of hydrogen-bond donors (Lipinski definition) is 2. The van der Waals surface area contributed by atoms with Gasteiger partial charge < -0.3 is 4.90 Å². The Kier molecular flexibility index (Phi) is 3.21. The molecule has 0 spiro atoms. The van der Waals surface area contributed by atoms with Gasteiger partial charge >= 0.3 is 11.8 Å². The Hall–Kier alpha value is -1.10. The molecule has 0 atom stereocenters. The van der Waals surface area contributed by atoms with Crippen molar-refractivity contribution in [3.63, 3.8) is 0 Å². The Morgan fingerprint density at radius 2 is 1.75 bits per heavy atom. The Labute approximate surface area is 71.9 Å². The molecular weight excluding hydrogens is 158 g/mol. The van der Waals surface area contributed by atoms with Gasteiger partial charge in [-0.3, -0.25) is 15.0 Å². The molecule has 0 aromatic carbocycles. The molecule has 0 bridgehead atoms. The molecule has 0 aromatic rings. The Morgan fingerprint density at radius 3 is 2.00 bits per heavy atom. The largest absolute Gasteiger partial charge is 0.333 e. The highest BCUT2D eigenvalue weighted by atomic mass is 16.2. The van der Waals surface area contributed by atoms with E-state index in [-0.39, 0.29) is 5.54 Å². The van der Waals surface area contributed by atoms with Gasteiger partial charge in [0.2, 0.25) is 0 Å². The summed E-state index contributed by atoms with van der Waals surface area (Å²) < 4.78 is 0. The van der Waals surface area contributed by atoms with E-state index in [0.717, 1.165) is 0 Å². The second-order valence-corrected chi connectivity index (χ2v) is 3.51. The van der Waals surface area contributed by atoms with Gasteiger partial charge in [0, 0.05) is 12.6 Å². The van der Waals surface area contributed by atoms with E-state index < -0.39 is 11.8 Å². The molecular formula is C7H15N3O2. The van der Waals surface area contributed by atoms with E-state index in [9.17, 15) is 9.59 Å². The number of amides is 2. The predicted molar refractivity (Wildman–Crippen MR) is 44.9 cm³/mol. The number of rotatable bonds is 0. The molecule has 0 aromatic heterocycles. The molecule has 0 unspecified atom stereocenters. The highest BCUT2D eigenvalue weighted by Gasteiger charge is 2.26. The van der Waals surface area contributed by atoms with Crippen molar-refractivity contribution in [2.75, 3.05) is 7.05 Å². The summed E-state index contributed by atoms with van der Waals surface area (Å²) in [5.74, 6) is 3.37. The first-order valence-corrected chi connectivity index (χ1v) is 3.59. The van der Waals surface area contributed by atoms with E-state index in [0.29, 0.717) is 0 Å². The Bertz CT molecular complexity index is 195. The quantitative estimate of drug-likeness (QED) is 0.219. The normalized spacial score (nSPS) is 10.8. The SMILES string of the molecule is CN(C(=O)C(=O)NN)C(C)(C)C. The number of hydrazine groups is 1. The van der Waals surface area contributed by atoms with Crippen molar-refractivity contribution in [1.29, 1.82) is 0 Å². The van der Waals surface area contributed by atoms with E-state index in [1.54, 1.807) is 12.5 Å². The molecule has 3 N–H and O–H groups in total. The maximum atomic E-state index is 11.2. The minimum atomic E-state index is -0.799. The molecule has 0 aliphatic carbocycles. The van der Waals surface area contributed by atoms with Crippen LogP contribution in [-0.2, 0) is 9.59 Å². The zero-order chi connectivity index (χ0) is 9.94. The van der Waals surface area contributed by atoms with Crippen LogP contribution in [0, 0.1) is 0 Å². The highest BCUT2D eigenvalue weighted by Crippen LogP contribution is 2.09. The molecule has 12 heavy (non-hydrogen) atoms. The van der Waals surface area contributed by atoms with Crippen LogP contribution in [0.5, 0.6) is 0 Å². The lowest BCUT2D eigenvalue weighted by atomic mass is 10.1. The first kappa shape index (κ1) is 10.9. The van der Waals surface area contributed by atoms with Crippen LogP contribution in [0.1, 0.15) is 20.8 Å². The van der Waals surface area contributed by atoms with Gasteiger partial charge in [-0.2, -0.15) is 0 Å². The first-order chi connectivity index (χ1) is 5.30. The van der Waals surface area contributed by atoms with E-state index in [1.807, 2.05) is 20.8 Å². The van der Waals surface area contributed by atoms with Crippen LogP contribution in [0.2, 0.25) is 0 Å². The molecule has 0 aliphatic heterocycles. The Morgan fingerprint density at radius 1 is 1.33 bits per heavy atom. The average Bonchev–Trinajstić information content (AvgIpc) is 1.98. The lowest BCUT2D eigenvalue weighted by molar-refractivity contribution is -0.147. The summed E-state index contributed by atoms with van der Waals surface area (Å²) in [5, 5.41) is 0. The van der Waals surface area contributed by atoms with E-state index in [2.05, 4.69) is 0 Å². The molecule has 0 fully saturated rings. The fourth-order valence-electron chi connectivity index (χ4n) is 0.519. The summed E-state index contributed by atoms with van der Waals surface area (Å²) in [6.07, 6.45) is 0. The topological polar surface area (TPSA) is 75.4 Å². The number of hydrogen-bond acceptors (Lipinski definition) is 3. The van der Waals surface area contributed by atoms with Crippen LogP contribution < -0.4 is 11.3 Å². The van der Waals surface area contributed by atoms with Gasteiger partial charge in [-0.15, -0.1) is 0 Å². The number of carbonyl (C=O) groups is 2. The standard InChI is InChI=1S/C7H15N3O2/c1-7(2,3)10(4)6(12)5(11)9-8/h8H2,1-4H3,(H,9,11). The first-order valence-electron chi connectivity index (χ1n) is 3.59. The fraction of sp³-hybridized carbons (Fsp3) is 0.714. The third kappa shape index (κ3) is 2.50. The van der Waals surface area contributed by atoms with Crippen molar-refractivity contribution < 1.29 is 9.59 Å². The van der Waals surface area contributed by atoms with Crippen LogP contribution in [-0.4, -0.2) is 29.3 Å². The van der Waals surface area contributed by atoms with Crippen LogP contribution in [0.25, 0.3) is 0 Å². The molecule has 2 amide bonds. The monoisotopic (exact) mass is 173 g/mol. The van der Waals surface area contributed by atoms with Gasteiger partial charge in [0.1, 0.15) is 0 Å². The van der Waals surface area contributed by atoms with Crippen LogP contribution in [0.15, 0.2) is 0 Å². The number of nitrogens with zero attached hydrogens (tertiary/aromatic N) is 1. The van der Waals surface area contributed by atoms with Crippen LogP contribution in [0.3, 0.4) is 0 Å². The summed E-state index contributed by atoms with van der Waals surface area (Å²) in [4.78, 5) is 23.3. The lowest BCUT2D eigenvalue weighted by Gasteiger charge is -2.30. The number of nitrogens with two attached hydrogens (primary N) is 1.